The number of thiophene rings is 4. The van der Waals surface area contributed by atoms with Gasteiger partial charge in [0.25, 0.3) is 0 Å². The van der Waals surface area contributed by atoms with E-state index in [4.69, 9.17) is 11.5 Å². The summed E-state index contributed by atoms with van der Waals surface area (Å²) in [7, 11) is 0. The van der Waals surface area contributed by atoms with E-state index < -0.39 is 0 Å². The molecule has 0 atom stereocenters. The van der Waals surface area contributed by atoms with E-state index in [2.05, 4.69) is 52.0 Å². The molecule has 0 aliphatic rings. The van der Waals surface area contributed by atoms with Crippen molar-refractivity contribution in [2.24, 2.45) is 0 Å². The maximum absolute atomic E-state index is 6.81. The summed E-state index contributed by atoms with van der Waals surface area (Å²) < 4.78 is 0. The molecular formula is C40H60N2S4. The van der Waals surface area contributed by atoms with Crippen molar-refractivity contribution in [3.63, 3.8) is 0 Å². The number of nitrogen functional groups attached to an aromatic ring is 2. The molecule has 254 valence electrons. The van der Waals surface area contributed by atoms with Crippen LogP contribution in [0.3, 0.4) is 0 Å². The first-order valence-electron chi connectivity index (χ1n) is 18.5. The standard InChI is InChI=1S/C40H60N2S4/c1-5-9-13-17-21-29-25-31(23-19-15-11-7-3)43-37(29)35-27-33(41)39(45-35)40-34(42)28-36(46-40)38-30(22-18-14-10-6-2)26-32(44-38)24-20-16-12-8-4/h25-28H,5-24,41-42H2,1-4H3. The number of unbranched alkanes of at least 4 members (excludes halogenated alkanes) is 12. The third-order valence-electron chi connectivity index (χ3n) is 9.05. The molecular weight excluding hydrogens is 637 g/mol. The maximum Gasteiger partial charge on any atom is 0.0700 e. The van der Waals surface area contributed by atoms with E-state index >= 15 is 0 Å². The minimum atomic E-state index is 0.873. The van der Waals surface area contributed by atoms with Crippen molar-refractivity contribution in [3.8, 4) is 29.3 Å². The van der Waals surface area contributed by atoms with Gasteiger partial charge < -0.3 is 11.5 Å². The largest absolute Gasteiger partial charge is 0.397 e. The van der Waals surface area contributed by atoms with Crippen LogP contribution in [-0.4, -0.2) is 0 Å². The first kappa shape index (κ1) is 37.2. The molecule has 6 heteroatoms. The van der Waals surface area contributed by atoms with E-state index in [-0.39, 0.29) is 0 Å². The number of anilines is 2. The van der Waals surface area contributed by atoms with Crippen LogP contribution in [0.25, 0.3) is 29.3 Å². The Labute approximate surface area is 297 Å². The zero-order valence-electron chi connectivity index (χ0n) is 29.2. The van der Waals surface area contributed by atoms with Gasteiger partial charge in [0, 0.05) is 29.3 Å². The van der Waals surface area contributed by atoms with Crippen molar-refractivity contribution in [1.82, 2.24) is 0 Å². The second kappa shape index (κ2) is 20.0. The lowest BCUT2D eigenvalue weighted by Gasteiger charge is -2.02. The molecule has 0 saturated heterocycles. The fourth-order valence-corrected chi connectivity index (χ4v) is 11.4. The molecule has 2 nitrogen and oxygen atoms in total. The van der Waals surface area contributed by atoms with Gasteiger partial charge in [0.2, 0.25) is 0 Å². The van der Waals surface area contributed by atoms with Gasteiger partial charge in [-0.3, -0.25) is 0 Å². The zero-order valence-corrected chi connectivity index (χ0v) is 32.5. The Balaban J connectivity index is 1.60. The average molecular weight is 697 g/mol. The molecule has 4 N–H and O–H groups in total. The van der Waals surface area contributed by atoms with Crippen LogP contribution < -0.4 is 11.5 Å². The van der Waals surface area contributed by atoms with E-state index in [0.29, 0.717) is 0 Å². The fourth-order valence-electron chi connectivity index (χ4n) is 6.33. The molecule has 0 spiro atoms. The normalized spacial score (nSPS) is 11.7. The molecule has 4 heterocycles. The number of hydrogen-bond donors (Lipinski definition) is 2. The molecule has 0 bridgehead atoms. The second-order valence-corrected chi connectivity index (χ2v) is 17.5. The Hall–Kier alpha value is -1.60. The second-order valence-electron chi connectivity index (χ2n) is 13.2. The van der Waals surface area contributed by atoms with Gasteiger partial charge in [-0.25, -0.2) is 0 Å². The van der Waals surface area contributed by atoms with Crippen molar-refractivity contribution in [2.45, 2.75) is 156 Å². The summed E-state index contributed by atoms with van der Waals surface area (Å²) in [6, 6.07) is 9.51. The SMILES string of the molecule is CCCCCCc1cc(CCCCCC)c(-c2cc(N)c(-c3sc(-c4sc(CCCCCC)cc4CCCCCC)cc3N)s2)s1. The summed E-state index contributed by atoms with van der Waals surface area (Å²) >= 11 is 7.73. The van der Waals surface area contributed by atoms with E-state index in [9.17, 15) is 0 Å². The highest BCUT2D eigenvalue weighted by atomic mass is 32.1. The molecule has 0 saturated carbocycles. The summed E-state index contributed by atoms with van der Waals surface area (Å²) in [5.74, 6) is 0. The molecule has 0 amide bonds. The van der Waals surface area contributed by atoms with Crippen LogP contribution in [-0.2, 0) is 25.7 Å². The van der Waals surface area contributed by atoms with Crippen LogP contribution in [0, 0.1) is 0 Å². The van der Waals surface area contributed by atoms with Gasteiger partial charge in [-0.05, 0) is 86.8 Å². The van der Waals surface area contributed by atoms with Crippen LogP contribution >= 0.6 is 45.3 Å². The zero-order chi connectivity index (χ0) is 32.7. The van der Waals surface area contributed by atoms with Crippen LogP contribution in [0.15, 0.2) is 24.3 Å². The van der Waals surface area contributed by atoms with Crippen LogP contribution in [0.1, 0.15) is 151 Å². The minimum Gasteiger partial charge on any atom is -0.397 e. The summed E-state index contributed by atoms with van der Waals surface area (Å²) in [6.07, 6.45) is 25.6. The van der Waals surface area contributed by atoms with Crippen LogP contribution in [0.4, 0.5) is 11.4 Å². The van der Waals surface area contributed by atoms with Crippen LogP contribution in [0.5, 0.6) is 0 Å². The third kappa shape index (κ3) is 10.7. The highest BCUT2D eigenvalue weighted by molar-refractivity contribution is 7.29. The summed E-state index contributed by atoms with van der Waals surface area (Å²) in [6.45, 7) is 9.17. The predicted octanol–water partition coefficient (Wildman–Crippen LogP) is 14.6. The van der Waals surface area contributed by atoms with Crippen molar-refractivity contribution >= 4 is 56.7 Å². The fraction of sp³-hybridized carbons (Fsp3) is 0.600. The van der Waals surface area contributed by atoms with Gasteiger partial charge in [0.05, 0.1) is 21.1 Å². The van der Waals surface area contributed by atoms with Gasteiger partial charge in [0.1, 0.15) is 0 Å². The summed E-state index contributed by atoms with van der Waals surface area (Å²) in [5.41, 5.74) is 18.4. The molecule has 4 aromatic rings. The molecule has 0 unspecified atom stereocenters. The summed E-state index contributed by atoms with van der Waals surface area (Å²) in [5, 5.41) is 0. The summed E-state index contributed by atoms with van der Waals surface area (Å²) in [4.78, 5) is 10.9. The first-order chi connectivity index (χ1) is 22.5. The number of rotatable bonds is 23. The monoisotopic (exact) mass is 696 g/mol. The van der Waals surface area contributed by atoms with Crippen molar-refractivity contribution in [3.05, 3.63) is 45.1 Å². The predicted molar refractivity (Wildman–Crippen MR) is 214 cm³/mol. The van der Waals surface area contributed by atoms with Gasteiger partial charge in [-0.1, -0.05) is 105 Å². The van der Waals surface area contributed by atoms with E-state index in [1.807, 2.05) is 45.3 Å². The van der Waals surface area contributed by atoms with Crippen molar-refractivity contribution in [2.75, 3.05) is 11.5 Å². The Bertz CT molecular complexity index is 1330. The van der Waals surface area contributed by atoms with E-state index in [1.54, 1.807) is 0 Å². The third-order valence-corrected chi connectivity index (χ3v) is 14.3. The molecule has 0 aliphatic carbocycles. The molecule has 0 aliphatic heterocycles. The number of hydrogen-bond acceptors (Lipinski definition) is 6. The Kier molecular flexibility index (Phi) is 16.2. The number of nitrogens with two attached hydrogens (primary N) is 2. The molecule has 4 rings (SSSR count). The lowest BCUT2D eigenvalue weighted by Crippen LogP contribution is -1.86. The smallest absolute Gasteiger partial charge is 0.0700 e. The van der Waals surface area contributed by atoms with Gasteiger partial charge >= 0.3 is 0 Å². The Morgan fingerprint density at radius 3 is 1.09 bits per heavy atom. The minimum absolute atomic E-state index is 0.873. The van der Waals surface area contributed by atoms with Gasteiger partial charge in [-0.15, -0.1) is 45.3 Å². The number of aryl methyl sites for hydroxylation is 4. The quantitative estimate of drug-likeness (QED) is 0.0759. The highest BCUT2D eigenvalue weighted by Crippen LogP contribution is 2.51. The molecule has 0 fully saturated rings. The van der Waals surface area contributed by atoms with E-state index in [1.165, 1.54) is 169 Å². The van der Waals surface area contributed by atoms with Gasteiger partial charge in [-0.2, -0.15) is 0 Å². The van der Waals surface area contributed by atoms with Crippen molar-refractivity contribution < 1.29 is 0 Å². The lowest BCUT2D eigenvalue weighted by molar-refractivity contribution is 0.665. The maximum atomic E-state index is 6.81. The molecule has 4 aromatic heterocycles. The average Bonchev–Trinajstić information content (AvgIpc) is 3.83. The topological polar surface area (TPSA) is 52.0 Å². The Morgan fingerprint density at radius 2 is 0.739 bits per heavy atom. The van der Waals surface area contributed by atoms with Crippen LogP contribution in [0.2, 0.25) is 0 Å². The van der Waals surface area contributed by atoms with Gasteiger partial charge in [0.15, 0.2) is 0 Å². The van der Waals surface area contributed by atoms with Crippen molar-refractivity contribution in [1.29, 1.82) is 0 Å². The Morgan fingerprint density at radius 1 is 0.391 bits per heavy atom. The highest BCUT2D eigenvalue weighted by Gasteiger charge is 2.21. The molecule has 0 radical (unpaired) electrons. The first-order valence-corrected chi connectivity index (χ1v) is 21.8. The molecule has 46 heavy (non-hydrogen) atoms. The van der Waals surface area contributed by atoms with E-state index in [0.717, 1.165) is 21.1 Å². The lowest BCUT2D eigenvalue weighted by atomic mass is 10.0. The molecule has 0 aromatic carbocycles.